The molecule has 1 unspecified atom stereocenters. The topological polar surface area (TPSA) is 41.9 Å². The van der Waals surface area contributed by atoms with E-state index in [0.29, 0.717) is 6.54 Å². The van der Waals surface area contributed by atoms with E-state index in [1.54, 1.807) is 14.2 Å². The highest BCUT2D eigenvalue weighted by Gasteiger charge is 2.32. The van der Waals surface area contributed by atoms with Gasteiger partial charge in [-0.3, -0.25) is 4.90 Å². The summed E-state index contributed by atoms with van der Waals surface area (Å²) in [6.07, 6.45) is 0.516. The Morgan fingerprint density at radius 1 is 0.957 bits per heavy atom. The van der Waals surface area contributed by atoms with Crippen LogP contribution < -0.4 is 9.47 Å². The van der Waals surface area contributed by atoms with Crippen molar-refractivity contribution in [2.75, 3.05) is 27.3 Å². The van der Waals surface area contributed by atoms with Crippen molar-refractivity contribution < 1.29 is 14.6 Å². The van der Waals surface area contributed by atoms with Crippen molar-refractivity contribution in [3.05, 3.63) is 59.7 Å². The van der Waals surface area contributed by atoms with Crippen LogP contribution in [0.15, 0.2) is 48.5 Å². The Labute approximate surface area is 137 Å². The number of β-amino-alcohol motifs (C(OH)–C–C–N with tert-alkyl or cyclic N) is 1. The van der Waals surface area contributed by atoms with Crippen LogP contribution in [0.25, 0.3) is 0 Å². The van der Waals surface area contributed by atoms with Gasteiger partial charge in [-0.1, -0.05) is 36.4 Å². The number of aliphatic hydroxyl groups excluding tert-OH is 1. The van der Waals surface area contributed by atoms with Crippen LogP contribution in [-0.2, 0) is 0 Å². The van der Waals surface area contributed by atoms with Crippen molar-refractivity contribution in [3.63, 3.8) is 0 Å². The highest BCUT2D eigenvalue weighted by molar-refractivity contribution is 5.46. The SMILES string of the molecule is COc1ccccc1C(c1ccccc1OC)N1CCC(O)C1. The zero-order valence-corrected chi connectivity index (χ0v) is 13.6. The van der Waals surface area contributed by atoms with E-state index in [-0.39, 0.29) is 12.1 Å². The summed E-state index contributed by atoms with van der Waals surface area (Å²) in [7, 11) is 3.38. The van der Waals surface area contributed by atoms with Gasteiger partial charge in [0.15, 0.2) is 0 Å². The van der Waals surface area contributed by atoms with Gasteiger partial charge >= 0.3 is 0 Å². The van der Waals surface area contributed by atoms with Gasteiger partial charge in [0.05, 0.1) is 26.4 Å². The average Bonchev–Trinajstić information content (AvgIpc) is 3.02. The molecule has 0 spiro atoms. The molecule has 4 nitrogen and oxygen atoms in total. The molecule has 1 aliphatic rings. The number of aliphatic hydroxyl groups is 1. The zero-order chi connectivity index (χ0) is 16.2. The van der Waals surface area contributed by atoms with E-state index in [4.69, 9.17) is 9.47 Å². The molecule has 1 N–H and O–H groups in total. The van der Waals surface area contributed by atoms with Gasteiger partial charge in [0.25, 0.3) is 0 Å². The molecule has 1 fully saturated rings. The molecule has 23 heavy (non-hydrogen) atoms. The first kappa shape index (κ1) is 15.8. The molecule has 0 bridgehead atoms. The molecular formula is C19H23NO3. The van der Waals surface area contributed by atoms with E-state index in [2.05, 4.69) is 17.0 Å². The molecule has 1 heterocycles. The smallest absolute Gasteiger partial charge is 0.123 e. The molecule has 0 aromatic heterocycles. The average molecular weight is 313 g/mol. The molecule has 122 valence electrons. The van der Waals surface area contributed by atoms with Crippen molar-refractivity contribution in [1.82, 2.24) is 4.90 Å². The summed E-state index contributed by atoms with van der Waals surface area (Å²) in [4.78, 5) is 2.29. The lowest BCUT2D eigenvalue weighted by atomic mass is 9.95. The molecule has 4 heteroatoms. The molecule has 0 saturated carbocycles. The van der Waals surface area contributed by atoms with E-state index in [1.807, 2.05) is 36.4 Å². The van der Waals surface area contributed by atoms with E-state index < -0.39 is 0 Å². The number of likely N-dealkylation sites (tertiary alicyclic amines) is 1. The molecule has 3 rings (SSSR count). The van der Waals surface area contributed by atoms with Gasteiger partial charge in [0.1, 0.15) is 11.5 Å². The van der Waals surface area contributed by atoms with E-state index in [1.165, 1.54) is 0 Å². The summed E-state index contributed by atoms with van der Waals surface area (Å²) in [6, 6.07) is 16.1. The summed E-state index contributed by atoms with van der Waals surface area (Å²) in [5, 5.41) is 9.99. The summed E-state index contributed by atoms with van der Waals surface area (Å²) < 4.78 is 11.2. The molecule has 2 aromatic rings. The van der Waals surface area contributed by atoms with Crippen molar-refractivity contribution in [1.29, 1.82) is 0 Å². The number of ether oxygens (including phenoxy) is 2. The lowest BCUT2D eigenvalue weighted by molar-refractivity contribution is 0.165. The number of hydrogen-bond acceptors (Lipinski definition) is 4. The van der Waals surface area contributed by atoms with Crippen LogP contribution in [0.2, 0.25) is 0 Å². The van der Waals surface area contributed by atoms with Gasteiger partial charge in [0.2, 0.25) is 0 Å². The first-order valence-corrected chi connectivity index (χ1v) is 7.92. The number of nitrogens with zero attached hydrogens (tertiary/aromatic N) is 1. The maximum Gasteiger partial charge on any atom is 0.123 e. The Kier molecular flexibility index (Phi) is 4.84. The summed E-state index contributed by atoms with van der Waals surface area (Å²) in [5.74, 6) is 1.70. The molecule has 1 saturated heterocycles. The quantitative estimate of drug-likeness (QED) is 0.921. The second-order valence-corrected chi connectivity index (χ2v) is 5.82. The fraction of sp³-hybridized carbons (Fsp3) is 0.368. The lowest BCUT2D eigenvalue weighted by Gasteiger charge is -2.30. The van der Waals surface area contributed by atoms with E-state index >= 15 is 0 Å². The van der Waals surface area contributed by atoms with Gasteiger partial charge in [-0.15, -0.1) is 0 Å². The Hall–Kier alpha value is -2.04. The molecule has 0 aliphatic carbocycles. The van der Waals surface area contributed by atoms with Crippen molar-refractivity contribution in [2.24, 2.45) is 0 Å². The third-order valence-corrected chi connectivity index (χ3v) is 4.43. The van der Waals surface area contributed by atoms with Crippen LogP contribution in [0.4, 0.5) is 0 Å². The van der Waals surface area contributed by atoms with Crippen LogP contribution in [0.3, 0.4) is 0 Å². The van der Waals surface area contributed by atoms with Crippen LogP contribution in [-0.4, -0.2) is 43.4 Å². The van der Waals surface area contributed by atoms with Gasteiger partial charge < -0.3 is 14.6 Å². The Morgan fingerprint density at radius 3 is 1.91 bits per heavy atom. The number of rotatable bonds is 5. The first-order chi connectivity index (χ1) is 11.2. The standard InChI is InChI=1S/C19H23NO3/c1-22-17-9-5-3-7-15(17)19(20-12-11-14(21)13-20)16-8-4-6-10-18(16)23-2/h3-10,14,19,21H,11-13H2,1-2H3. The van der Waals surface area contributed by atoms with Crippen LogP contribution in [0.1, 0.15) is 23.6 Å². The van der Waals surface area contributed by atoms with Crippen LogP contribution >= 0.6 is 0 Å². The predicted molar refractivity (Wildman–Crippen MR) is 90.0 cm³/mol. The lowest BCUT2D eigenvalue weighted by Crippen LogP contribution is -2.29. The molecule has 1 aliphatic heterocycles. The maximum atomic E-state index is 9.99. The van der Waals surface area contributed by atoms with Gasteiger partial charge in [-0.05, 0) is 18.6 Å². The first-order valence-electron chi connectivity index (χ1n) is 7.92. The fourth-order valence-electron chi connectivity index (χ4n) is 3.35. The van der Waals surface area contributed by atoms with Crippen molar-refractivity contribution in [2.45, 2.75) is 18.6 Å². The number of para-hydroxylation sites is 2. The zero-order valence-electron chi connectivity index (χ0n) is 13.6. The second-order valence-electron chi connectivity index (χ2n) is 5.82. The Bertz CT molecular complexity index is 611. The van der Waals surface area contributed by atoms with Gasteiger partial charge in [-0.2, -0.15) is 0 Å². The number of benzene rings is 2. The molecular weight excluding hydrogens is 290 g/mol. The van der Waals surface area contributed by atoms with Crippen LogP contribution in [0, 0.1) is 0 Å². The highest BCUT2D eigenvalue weighted by atomic mass is 16.5. The predicted octanol–water partition coefficient (Wildman–Crippen LogP) is 2.86. The van der Waals surface area contributed by atoms with Crippen molar-refractivity contribution >= 4 is 0 Å². The largest absolute Gasteiger partial charge is 0.496 e. The second kappa shape index (κ2) is 7.02. The molecule has 0 amide bonds. The Balaban J connectivity index is 2.10. The van der Waals surface area contributed by atoms with Crippen molar-refractivity contribution in [3.8, 4) is 11.5 Å². The van der Waals surface area contributed by atoms with Gasteiger partial charge in [-0.25, -0.2) is 0 Å². The van der Waals surface area contributed by atoms with E-state index in [9.17, 15) is 5.11 Å². The molecule has 1 atom stereocenters. The minimum atomic E-state index is -0.276. The van der Waals surface area contributed by atoms with Crippen LogP contribution in [0.5, 0.6) is 11.5 Å². The van der Waals surface area contributed by atoms with Gasteiger partial charge in [0, 0.05) is 24.2 Å². The highest BCUT2D eigenvalue weighted by Crippen LogP contribution is 2.40. The minimum absolute atomic E-state index is 0.000509. The minimum Gasteiger partial charge on any atom is -0.496 e. The third-order valence-electron chi connectivity index (χ3n) is 4.43. The monoisotopic (exact) mass is 313 g/mol. The Morgan fingerprint density at radius 2 is 1.48 bits per heavy atom. The number of methoxy groups -OCH3 is 2. The summed E-state index contributed by atoms with van der Waals surface area (Å²) in [6.45, 7) is 1.50. The number of hydrogen-bond donors (Lipinski definition) is 1. The summed E-state index contributed by atoms with van der Waals surface area (Å²) in [5.41, 5.74) is 2.18. The van der Waals surface area contributed by atoms with E-state index in [0.717, 1.165) is 35.6 Å². The molecule has 0 radical (unpaired) electrons. The molecule has 2 aromatic carbocycles. The fourth-order valence-corrected chi connectivity index (χ4v) is 3.35. The maximum absolute atomic E-state index is 9.99. The normalized spacial score (nSPS) is 18.3. The summed E-state index contributed by atoms with van der Waals surface area (Å²) >= 11 is 0. The third kappa shape index (κ3) is 3.19.